The van der Waals surface area contributed by atoms with Crippen molar-refractivity contribution in [3.05, 3.63) is 0 Å². The van der Waals surface area contributed by atoms with E-state index >= 15 is 0 Å². The Morgan fingerprint density at radius 2 is 1.89 bits per heavy atom. The molecule has 1 saturated heterocycles. The molecule has 3 N–H and O–H groups in total. The molecule has 0 atom stereocenters. The summed E-state index contributed by atoms with van der Waals surface area (Å²) >= 11 is 0. The van der Waals surface area contributed by atoms with Gasteiger partial charge in [-0.1, -0.05) is 13.3 Å². The second-order valence-corrected chi connectivity index (χ2v) is 6.15. The molecule has 1 rings (SSSR count). The van der Waals surface area contributed by atoms with E-state index in [4.69, 9.17) is 5.11 Å². The number of rotatable bonds is 6. The molecular weight excluding hydrogens is 244 g/mol. The molecule has 5 heteroatoms. The molecule has 1 aliphatic heterocycles. The van der Waals surface area contributed by atoms with Crippen molar-refractivity contribution in [2.75, 3.05) is 19.6 Å². The number of hydrogen-bond acceptors (Lipinski definition) is 3. The topological polar surface area (TPSA) is 78.4 Å². The fraction of sp³-hybridized carbons (Fsp3) is 0.857. The molecule has 0 radical (unpaired) electrons. The van der Waals surface area contributed by atoms with Crippen LogP contribution in [0.15, 0.2) is 0 Å². The summed E-state index contributed by atoms with van der Waals surface area (Å²) in [6.07, 6.45) is 3.50. The van der Waals surface area contributed by atoms with Crippen LogP contribution in [0.4, 0.5) is 0 Å². The normalized spacial score (nSPS) is 18.9. The number of piperidine rings is 1. The molecule has 0 aromatic rings. The summed E-state index contributed by atoms with van der Waals surface area (Å²) in [7, 11) is 0. The second-order valence-electron chi connectivity index (χ2n) is 6.15. The van der Waals surface area contributed by atoms with Crippen molar-refractivity contribution in [2.24, 2.45) is 10.8 Å². The molecule has 0 saturated carbocycles. The number of carboxylic acids is 1. The summed E-state index contributed by atoms with van der Waals surface area (Å²) in [6.45, 7) is 7.23. The lowest BCUT2D eigenvalue weighted by Gasteiger charge is -2.36. The fourth-order valence-electron chi connectivity index (χ4n) is 2.54. The molecule has 19 heavy (non-hydrogen) atoms. The summed E-state index contributed by atoms with van der Waals surface area (Å²) in [5, 5.41) is 15.2. The van der Waals surface area contributed by atoms with Gasteiger partial charge in [-0.05, 0) is 46.2 Å². The average Bonchev–Trinajstić information content (AvgIpc) is 2.37. The van der Waals surface area contributed by atoms with Gasteiger partial charge in [0.15, 0.2) is 0 Å². The molecule has 0 bridgehead atoms. The van der Waals surface area contributed by atoms with Crippen LogP contribution in [0.3, 0.4) is 0 Å². The van der Waals surface area contributed by atoms with Crippen molar-refractivity contribution in [1.29, 1.82) is 0 Å². The number of carboxylic acid groups (broad SMARTS) is 1. The first-order valence-corrected chi connectivity index (χ1v) is 7.06. The van der Waals surface area contributed by atoms with Crippen molar-refractivity contribution in [3.63, 3.8) is 0 Å². The highest BCUT2D eigenvalue weighted by Gasteiger charge is 2.39. The van der Waals surface area contributed by atoms with E-state index in [9.17, 15) is 9.59 Å². The Morgan fingerprint density at radius 3 is 2.37 bits per heavy atom. The highest BCUT2D eigenvalue weighted by atomic mass is 16.4. The Balaban J connectivity index is 2.65. The van der Waals surface area contributed by atoms with Gasteiger partial charge in [0.25, 0.3) is 0 Å². The maximum absolute atomic E-state index is 12.4. The quantitative estimate of drug-likeness (QED) is 0.681. The van der Waals surface area contributed by atoms with E-state index in [-0.39, 0.29) is 17.9 Å². The van der Waals surface area contributed by atoms with Gasteiger partial charge in [0, 0.05) is 6.54 Å². The molecule has 1 fully saturated rings. The summed E-state index contributed by atoms with van der Waals surface area (Å²) in [5.74, 6) is -0.868. The standard InChI is InChI=1S/C14H26N2O3/c1-4-5-14(6-8-15-9-7-14)11(17)16-10-13(2,3)12(18)19/h15H,4-10H2,1-3H3,(H,16,17)(H,18,19). The molecule has 1 heterocycles. The summed E-state index contributed by atoms with van der Waals surface area (Å²) < 4.78 is 0. The smallest absolute Gasteiger partial charge is 0.310 e. The molecule has 1 amide bonds. The lowest BCUT2D eigenvalue weighted by Crippen LogP contribution is -2.50. The molecule has 5 nitrogen and oxygen atoms in total. The molecule has 0 spiro atoms. The Labute approximate surface area is 115 Å². The number of carbonyl (C=O) groups is 2. The zero-order valence-electron chi connectivity index (χ0n) is 12.2. The largest absolute Gasteiger partial charge is 0.481 e. The van der Waals surface area contributed by atoms with Crippen LogP contribution in [0.2, 0.25) is 0 Å². The number of hydrogen-bond donors (Lipinski definition) is 3. The second kappa shape index (κ2) is 6.37. The number of amides is 1. The zero-order chi connectivity index (χ0) is 14.5. The molecule has 0 aliphatic carbocycles. The number of carbonyl (C=O) groups excluding carboxylic acids is 1. The Morgan fingerprint density at radius 1 is 1.32 bits per heavy atom. The van der Waals surface area contributed by atoms with Crippen LogP contribution in [0.5, 0.6) is 0 Å². The number of aliphatic carboxylic acids is 1. The van der Waals surface area contributed by atoms with E-state index in [1.165, 1.54) is 0 Å². The summed E-state index contributed by atoms with van der Waals surface area (Å²) in [5.41, 5.74) is -1.23. The van der Waals surface area contributed by atoms with Crippen LogP contribution < -0.4 is 10.6 Å². The third kappa shape index (κ3) is 3.93. The minimum Gasteiger partial charge on any atom is -0.481 e. The van der Waals surface area contributed by atoms with E-state index in [1.807, 2.05) is 0 Å². The van der Waals surface area contributed by atoms with Crippen molar-refractivity contribution in [3.8, 4) is 0 Å². The maximum Gasteiger partial charge on any atom is 0.310 e. The molecule has 110 valence electrons. The Bertz CT molecular complexity index is 328. The van der Waals surface area contributed by atoms with Gasteiger partial charge >= 0.3 is 5.97 Å². The van der Waals surface area contributed by atoms with Gasteiger partial charge < -0.3 is 15.7 Å². The predicted molar refractivity (Wildman–Crippen MR) is 73.9 cm³/mol. The van der Waals surface area contributed by atoms with E-state index in [0.29, 0.717) is 0 Å². The van der Waals surface area contributed by atoms with Gasteiger partial charge in [-0.2, -0.15) is 0 Å². The van der Waals surface area contributed by atoms with Crippen molar-refractivity contribution in [1.82, 2.24) is 10.6 Å². The van der Waals surface area contributed by atoms with E-state index in [1.54, 1.807) is 13.8 Å². The van der Waals surface area contributed by atoms with Crippen LogP contribution in [0, 0.1) is 10.8 Å². The fourth-order valence-corrected chi connectivity index (χ4v) is 2.54. The van der Waals surface area contributed by atoms with Crippen molar-refractivity contribution < 1.29 is 14.7 Å². The molecule has 0 unspecified atom stereocenters. The first kappa shape index (κ1) is 16.0. The third-order valence-corrected chi connectivity index (χ3v) is 4.04. The Kier molecular flexibility index (Phi) is 5.35. The monoisotopic (exact) mass is 270 g/mol. The van der Waals surface area contributed by atoms with Crippen LogP contribution in [0.25, 0.3) is 0 Å². The lowest BCUT2D eigenvalue weighted by molar-refractivity contribution is -0.147. The number of nitrogens with one attached hydrogen (secondary N) is 2. The van der Waals surface area contributed by atoms with E-state index < -0.39 is 11.4 Å². The SMILES string of the molecule is CCCC1(C(=O)NCC(C)(C)C(=O)O)CCNCC1. The van der Waals surface area contributed by atoms with Crippen molar-refractivity contribution >= 4 is 11.9 Å². The van der Waals surface area contributed by atoms with E-state index in [0.717, 1.165) is 38.8 Å². The third-order valence-electron chi connectivity index (χ3n) is 4.04. The van der Waals surface area contributed by atoms with Crippen LogP contribution in [-0.4, -0.2) is 36.6 Å². The summed E-state index contributed by atoms with van der Waals surface area (Å²) in [4.78, 5) is 23.5. The van der Waals surface area contributed by atoms with Gasteiger partial charge in [-0.25, -0.2) is 0 Å². The molecule has 0 aromatic heterocycles. The minimum atomic E-state index is -0.921. The minimum absolute atomic E-state index is 0.0187. The van der Waals surface area contributed by atoms with Gasteiger partial charge in [-0.3, -0.25) is 9.59 Å². The molecular formula is C14H26N2O3. The van der Waals surface area contributed by atoms with Gasteiger partial charge in [0.05, 0.1) is 10.8 Å². The van der Waals surface area contributed by atoms with Crippen LogP contribution in [-0.2, 0) is 9.59 Å². The van der Waals surface area contributed by atoms with Crippen LogP contribution >= 0.6 is 0 Å². The van der Waals surface area contributed by atoms with Gasteiger partial charge in [-0.15, -0.1) is 0 Å². The highest BCUT2D eigenvalue weighted by molar-refractivity contribution is 5.83. The zero-order valence-corrected chi connectivity index (χ0v) is 12.2. The predicted octanol–water partition coefficient (Wildman–Crippen LogP) is 1.38. The summed E-state index contributed by atoms with van der Waals surface area (Å²) in [6, 6.07) is 0. The lowest BCUT2D eigenvalue weighted by atomic mass is 9.74. The van der Waals surface area contributed by atoms with Crippen LogP contribution in [0.1, 0.15) is 46.5 Å². The van der Waals surface area contributed by atoms with Crippen molar-refractivity contribution in [2.45, 2.75) is 46.5 Å². The molecule has 1 aliphatic rings. The van der Waals surface area contributed by atoms with Gasteiger partial charge in [0.1, 0.15) is 0 Å². The average molecular weight is 270 g/mol. The molecule has 0 aromatic carbocycles. The Hall–Kier alpha value is -1.10. The first-order chi connectivity index (χ1) is 8.84. The first-order valence-electron chi connectivity index (χ1n) is 7.06. The van der Waals surface area contributed by atoms with Gasteiger partial charge in [0.2, 0.25) is 5.91 Å². The van der Waals surface area contributed by atoms with E-state index in [2.05, 4.69) is 17.6 Å². The highest BCUT2D eigenvalue weighted by Crippen LogP contribution is 2.34. The maximum atomic E-state index is 12.4.